The van der Waals surface area contributed by atoms with Gasteiger partial charge in [0.25, 0.3) is 0 Å². The molecule has 1 aliphatic carbocycles. The molecule has 1 aliphatic rings. The lowest BCUT2D eigenvalue weighted by molar-refractivity contribution is 0.103. The van der Waals surface area contributed by atoms with E-state index in [1.54, 1.807) is 25.1 Å². The fraction of sp³-hybridized carbons (Fsp3) is 0.188. The molecule has 2 aromatic carbocycles. The summed E-state index contributed by atoms with van der Waals surface area (Å²) in [6.07, 6.45) is 0.698. The Morgan fingerprint density at radius 3 is 2.42 bits per heavy atom. The molecule has 0 aliphatic heterocycles. The zero-order chi connectivity index (χ0) is 13.6. The molecule has 0 heterocycles. The number of aryl methyl sites for hydroxylation is 1. The van der Waals surface area contributed by atoms with Gasteiger partial charge < -0.3 is 0 Å². The average molecular weight is 258 g/mol. The molecule has 3 rings (SSSR count). The van der Waals surface area contributed by atoms with Crippen molar-refractivity contribution in [2.45, 2.75) is 19.8 Å². The third-order valence-corrected chi connectivity index (χ3v) is 3.67. The van der Waals surface area contributed by atoms with Crippen LogP contribution in [0.25, 0.3) is 0 Å². The van der Waals surface area contributed by atoms with E-state index in [1.165, 1.54) is 12.1 Å². The minimum Gasteiger partial charge on any atom is -0.289 e. The van der Waals surface area contributed by atoms with Gasteiger partial charge in [0.2, 0.25) is 0 Å². The SMILES string of the molecule is Cc1ccc2c(c1F)CCc1c(F)cccc1C2=O. The van der Waals surface area contributed by atoms with Gasteiger partial charge in [0.1, 0.15) is 11.6 Å². The third kappa shape index (κ3) is 1.77. The van der Waals surface area contributed by atoms with E-state index in [4.69, 9.17) is 0 Å². The molecule has 0 unspecified atom stereocenters. The standard InChI is InChI=1S/C16H12F2O/c1-9-5-6-13-11(15(9)18)8-7-10-12(16(13)19)3-2-4-14(10)17/h2-6H,7-8H2,1H3. The van der Waals surface area contributed by atoms with Gasteiger partial charge in [-0.05, 0) is 42.5 Å². The van der Waals surface area contributed by atoms with Crippen molar-refractivity contribution in [2.24, 2.45) is 0 Å². The number of benzene rings is 2. The molecule has 96 valence electrons. The molecule has 0 spiro atoms. The van der Waals surface area contributed by atoms with Crippen LogP contribution in [0.15, 0.2) is 30.3 Å². The predicted molar refractivity (Wildman–Crippen MR) is 68.4 cm³/mol. The predicted octanol–water partition coefficient (Wildman–Crippen LogP) is 3.60. The zero-order valence-corrected chi connectivity index (χ0v) is 10.5. The van der Waals surface area contributed by atoms with Crippen molar-refractivity contribution in [3.05, 3.63) is 69.8 Å². The van der Waals surface area contributed by atoms with E-state index in [0.717, 1.165) is 0 Å². The van der Waals surface area contributed by atoms with E-state index in [1.807, 2.05) is 0 Å². The Labute approximate surface area is 109 Å². The van der Waals surface area contributed by atoms with Crippen molar-refractivity contribution >= 4 is 5.78 Å². The molecule has 3 heteroatoms. The number of fused-ring (bicyclic) bond motifs is 2. The zero-order valence-electron chi connectivity index (χ0n) is 10.5. The molecule has 0 amide bonds. The molecule has 0 fully saturated rings. The monoisotopic (exact) mass is 258 g/mol. The van der Waals surface area contributed by atoms with Gasteiger partial charge in [-0.25, -0.2) is 8.78 Å². The van der Waals surface area contributed by atoms with Crippen molar-refractivity contribution in [3.63, 3.8) is 0 Å². The second-order valence-electron chi connectivity index (χ2n) is 4.82. The van der Waals surface area contributed by atoms with Crippen LogP contribution in [0.3, 0.4) is 0 Å². The number of carbonyl (C=O) groups excluding carboxylic acids is 1. The summed E-state index contributed by atoms with van der Waals surface area (Å²) < 4.78 is 27.9. The molecule has 19 heavy (non-hydrogen) atoms. The fourth-order valence-corrected chi connectivity index (χ4v) is 2.62. The fourth-order valence-electron chi connectivity index (χ4n) is 2.62. The molecule has 0 bridgehead atoms. The highest BCUT2D eigenvalue weighted by Gasteiger charge is 2.25. The second kappa shape index (κ2) is 4.26. The molecule has 2 aromatic rings. The van der Waals surface area contributed by atoms with Gasteiger partial charge in [0.15, 0.2) is 5.78 Å². The molecule has 1 nitrogen and oxygen atoms in total. The summed E-state index contributed by atoms with van der Waals surface area (Å²) in [4.78, 5) is 12.4. The Bertz CT molecular complexity index is 689. The van der Waals surface area contributed by atoms with Crippen LogP contribution in [0, 0.1) is 18.6 Å². The van der Waals surface area contributed by atoms with E-state index in [2.05, 4.69) is 0 Å². The van der Waals surface area contributed by atoms with E-state index < -0.39 is 5.82 Å². The Kier molecular flexibility index (Phi) is 2.70. The largest absolute Gasteiger partial charge is 0.289 e. The first-order valence-electron chi connectivity index (χ1n) is 6.19. The lowest BCUT2D eigenvalue weighted by atomic mass is 9.97. The van der Waals surface area contributed by atoms with Crippen LogP contribution in [-0.2, 0) is 12.8 Å². The summed E-state index contributed by atoms with van der Waals surface area (Å²) in [5, 5.41) is 0. The number of carbonyl (C=O) groups is 1. The van der Waals surface area contributed by atoms with Crippen LogP contribution in [0.1, 0.15) is 32.6 Å². The number of halogens is 2. The maximum Gasteiger partial charge on any atom is 0.193 e. The van der Waals surface area contributed by atoms with Gasteiger partial charge in [-0.2, -0.15) is 0 Å². The van der Waals surface area contributed by atoms with Crippen molar-refractivity contribution in [2.75, 3.05) is 0 Å². The molecule has 0 saturated carbocycles. The van der Waals surface area contributed by atoms with Crippen molar-refractivity contribution in [1.82, 2.24) is 0 Å². The Morgan fingerprint density at radius 2 is 1.63 bits per heavy atom. The summed E-state index contributed by atoms with van der Waals surface area (Å²) in [5.74, 6) is -1.03. The van der Waals surface area contributed by atoms with Crippen molar-refractivity contribution in [3.8, 4) is 0 Å². The van der Waals surface area contributed by atoms with Crippen LogP contribution >= 0.6 is 0 Å². The first kappa shape index (κ1) is 12.0. The number of hydrogen-bond acceptors (Lipinski definition) is 1. The maximum atomic E-state index is 14.1. The molecule has 0 N–H and O–H groups in total. The van der Waals surface area contributed by atoms with Crippen LogP contribution in [0.2, 0.25) is 0 Å². The highest BCUT2D eigenvalue weighted by Crippen LogP contribution is 2.28. The van der Waals surface area contributed by atoms with E-state index in [0.29, 0.717) is 40.7 Å². The van der Waals surface area contributed by atoms with Crippen LogP contribution in [0.5, 0.6) is 0 Å². The number of rotatable bonds is 0. The van der Waals surface area contributed by atoms with E-state index in [9.17, 15) is 13.6 Å². The van der Waals surface area contributed by atoms with Crippen molar-refractivity contribution < 1.29 is 13.6 Å². The Morgan fingerprint density at radius 1 is 0.947 bits per heavy atom. The van der Waals surface area contributed by atoms with Gasteiger partial charge >= 0.3 is 0 Å². The van der Waals surface area contributed by atoms with Gasteiger partial charge in [-0.3, -0.25) is 4.79 Å². The summed E-state index contributed by atoms with van der Waals surface area (Å²) in [6.45, 7) is 1.67. The maximum absolute atomic E-state index is 14.1. The van der Waals surface area contributed by atoms with Crippen LogP contribution in [0.4, 0.5) is 8.78 Å². The molecule has 0 saturated heterocycles. The lowest BCUT2D eigenvalue weighted by Gasteiger charge is -2.08. The van der Waals surface area contributed by atoms with Crippen molar-refractivity contribution in [1.29, 1.82) is 0 Å². The Balaban J connectivity index is 2.25. The van der Waals surface area contributed by atoms with Gasteiger partial charge in [-0.1, -0.05) is 24.3 Å². The minimum absolute atomic E-state index is 0.291. The number of ketones is 1. The summed E-state index contributed by atoms with van der Waals surface area (Å²) in [5.41, 5.74) is 2.01. The quantitative estimate of drug-likeness (QED) is 0.705. The molecular formula is C16H12F2O. The summed E-state index contributed by atoms with van der Waals surface area (Å²) in [7, 11) is 0. The second-order valence-corrected chi connectivity index (χ2v) is 4.82. The van der Waals surface area contributed by atoms with E-state index >= 15 is 0 Å². The summed E-state index contributed by atoms with van der Waals surface area (Å²) >= 11 is 0. The first-order chi connectivity index (χ1) is 9.09. The topological polar surface area (TPSA) is 17.1 Å². The minimum atomic E-state index is -0.393. The van der Waals surface area contributed by atoms with Gasteiger partial charge in [-0.15, -0.1) is 0 Å². The molecule has 0 atom stereocenters. The molecule has 0 radical (unpaired) electrons. The highest BCUT2D eigenvalue weighted by molar-refractivity contribution is 6.11. The smallest absolute Gasteiger partial charge is 0.193 e. The van der Waals surface area contributed by atoms with E-state index in [-0.39, 0.29) is 11.6 Å². The number of hydrogen-bond donors (Lipinski definition) is 0. The van der Waals surface area contributed by atoms with Gasteiger partial charge in [0.05, 0.1) is 0 Å². The average Bonchev–Trinajstić information content (AvgIpc) is 2.54. The Hall–Kier alpha value is -2.03. The first-order valence-corrected chi connectivity index (χ1v) is 6.19. The lowest BCUT2D eigenvalue weighted by Crippen LogP contribution is -2.06. The molecular weight excluding hydrogens is 246 g/mol. The summed E-state index contributed by atoms with van der Waals surface area (Å²) in [6, 6.07) is 7.69. The third-order valence-electron chi connectivity index (χ3n) is 3.67. The van der Waals surface area contributed by atoms with Gasteiger partial charge in [0, 0.05) is 11.1 Å². The highest BCUT2D eigenvalue weighted by atomic mass is 19.1. The normalized spacial score (nSPS) is 13.7. The molecule has 0 aromatic heterocycles. The van der Waals surface area contributed by atoms with Crippen LogP contribution in [-0.4, -0.2) is 5.78 Å². The van der Waals surface area contributed by atoms with Crippen LogP contribution < -0.4 is 0 Å².